The summed E-state index contributed by atoms with van der Waals surface area (Å²) >= 11 is 6.05. The van der Waals surface area contributed by atoms with Gasteiger partial charge in [0.25, 0.3) is 0 Å². The van der Waals surface area contributed by atoms with Crippen LogP contribution in [0.25, 0.3) is 0 Å². The molecule has 0 aliphatic heterocycles. The van der Waals surface area contributed by atoms with Crippen molar-refractivity contribution in [3.8, 4) is 0 Å². The van der Waals surface area contributed by atoms with E-state index in [1.54, 1.807) is 12.5 Å². The van der Waals surface area contributed by atoms with Crippen molar-refractivity contribution < 1.29 is 5.11 Å². The highest BCUT2D eigenvalue weighted by atomic mass is 35.5. The minimum absolute atomic E-state index is 0.375. The Kier molecular flexibility index (Phi) is 4.18. The molecular formula is C13H15ClN2O. The molecule has 0 aliphatic carbocycles. The Balaban J connectivity index is 1.84. The molecule has 1 aromatic carbocycles. The van der Waals surface area contributed by atoms with Crippen LogP contribution < -0.4 is 0 Å². The zero-order valence-electron chi connectivity index (χ0n) is 9.46. The Morgan fingerprint density at radius 3 is 2.88 bits per heavy atom. The predicted octanol–water partition coefficient (Wildman–Crippen LogP) is 2.53. The Hall–Kier alpha value is -1.32. The van der Waals surface area contributed by atoms with E-state index in [0.29, 0.717) is 13.0 Å². The predicted molar refractivity (Wildman–Crippen MR) is 68.0 cm³/mol. The molecule has 4 heteroatoms. The molecule has 0 amide bonds. The van der Waals surface area contributed by atoms with Crippen LogP contribution >= 0.6 is 11.6 Å². The minimum Gasteiger partial charge on any atom is -0.391 e. The number of benzene rings is 1. The van der Waals surface area contributed by atoms with E-state index in [1.165, 1.54) is 0 Å². The lowest BCUT2D eigenvalue weighted by molar-refractivity contribution is 0.144. The van der Waals surface area contributed by atoms with Crippen LogP contribution in [-0.2, 0) is 13.0 Å². The summed E-state index contributed by atoms with van der Waals surface area (Å²) in [5.74, 6) is 0. The maximum Gasteiger partial charge on any atom is 0.0946 e. The lowest BCUT2D eigenvalue weighted by Gasteiger charge is -2.11. The summed E-state index contributed by atoms with van der Waals surface area (Å²) in [5.41, 5.74) is 1.08. The summed E-state index contributed by atoms with van der Waals surface area (Å²) in [6, 6.07) is 7.74. The van der Waals surface area contributed by atoms with Gasteiger partial charge in [-0.3, -0.25) is 0 Å². The fourth-order valence-electron chi connectivity index (χ4n) is 1.75. The fourth-order valence-corrected chi connectivity index (χ4v) is 1.98. The maximum atomic E-state index is 9.88. The van der Waals surface area contributed by atoms with Gasteiger partial charge in [-0.25, -0.2) is 4.98 Å². The maximum absolute atomic E-state index is 9.88. The van der Waals surface area contributed by atoms with Gasteiger partial charge in [-0.05, 0) is 24.5 Å². The first-order chi connectivity index (χ1) is 8.25. The first-order valence-corrected chi connectivity index (χ1v) is 6.00. The Labute approximate surface area is 106 Å². The largest absolute Gasteiger partial charge is 0.391 e. The third-order valence-electron chi connectivity index (χ3n) is 2.69. The third-order valence-corrected chi connectivity index (χ3v) is 3.05. The number of hydrogen-bond donors (Lipinski definition) is 1. The van der Waals surface area contributed by atoms with Crippen molar-refractivity contribution >= 4 is 11.6 Å². The number of aliphatic hydroxyl groups excluding tert-OH is 1. The van der Waals surface area contributed by atoms with E-state index >= 15 is 0 Å². The van der Waals surface area contributed by atoms with Gasteiger partial charge in [-0.15, -0.1) is 0 Å². The van der Waals surface area contributed by atoms with Crippen molar-refractivity contribution in [3.63, 3.8) is 0 Å². The van der Waals surface area contributed by atoms with Crippen molar-refractivity contribution in [3.05, 3.63) is 53.6 Å². The van der Waals surface area contributed by atoms with E-state index < -0.39 is 0 Å². The Bertz CT molecular complexity index is 456. The van der Waals surface area contributed by atoms with Crippen LogP contribution in [0.1, 0.15) is 12.0 Å². The first-order valence-electron chi connectivity index (χ1n) is 5.63. The van der Waals surface area contributed by atoms with Gasteiger partial charge in [0.2, 0.25) is 0 Å². The van der Waals surface area contributed by atoms with Gasteiger partial charge in [0, 0.05) is 24.0 Å². The molecule has 1 atom stereocenters. The summed E-state index contributed by atoms with van der Waals surface area (Å²) in [7, 11) is 0. The van der Waals surface area contributed by atoms with Gasteiger partial charge in [-0.1, -0.05) is 29.8 Å². The molecule has 0 saturated heterocycles. The highest BCUT2D eigenvalue weighted by Crippen LogP contribution is 2.17. The minimum atomic E-state index is -0.375. The molecule has 0 saturated carbocycles. The van der Waals surface area contributed by atoms with Crippen LogP contribution in [0.5, 0.6) is 0 Å². The average molecular weight is 251 g/mol. The van der Waals surface area contributed by atoms with E-state index in [0.717, 1.165) is 17.0 Å². The van der Waals surface area contributed by atoms with Crippen LogP contribution in [0.2, 0.25) is 5.02 Å². The number of aliphatic hydroxyl groups is 1. The highest BCUT2D eigenvalue weighted by molar-refractivity contribution is 6.31. The molecule has 2 aromatic rings. The normalized spacial score (nSPS) is 12.6. The molecule has 0 radical (unpaired) electrons. The second-order valence-corrected chi connectivity index (χ2v) is 4.45. The molecule has 0 aliphatic rings. The topological polar surface area (TPSA) is 38.0 Å². The summed E-state index contributed by atoms with van der Waals surface area (Å²) < 4.78 is 1.87. The van der Waals surface area contributed by atoms with E-state index in [2.05, 4.69) is 4.98 Å². The molecule has 0 fully saturated rings. The SMILES string of the molecule is OC(CCc1ccccc1Cl)Cn1ccnc1. The second-order valence-electron chi connectivity index (χ2n) is 4.04. The zero-order valence-corrected chi connectivity index (χ0v) is 10.2. The molecule has 3 nitrogen and oxygen atoms in total. The molecule has 2 rings (SSSR count). The quantitative estimate of drug-likeness (QED) is 0.886. The van der Waals surface area contributed by atoms with E-state index in [9.17, 15) is 5.11 Å². The third kappa shape index (κ3) is 3.58. The smallest absolute Gasteiger partial charge is 0.0946 e. The van der Waals surface area contributed by atoms with Crippen molar-refractivity contribution in [1.82, 2.24) is 9.55 Å². The number of imidazole rings is 1. The fraction of sp³-hybridized carbons (Fsp3) is 0.308. The molecule has 0 bridgehead atoms. The summed E-state index contributed by atoms with van der Waals surface area (Å²) in [5, 5.41) is 10.6. The number of aryl methyl sites for hydroxylation is 1. The molecule has 0 spiro atoms. The summed E-state index contributed by atoms with van der Waals surface area (Å²) in [6.45, 7) is 0.574. The van der Waals surface area contributed by atoms with E-state index in [-0.39, 0.29) is 6.10 Å². The number of hydrogen-bond acceptors (Lipinski definition) is 2. The average Bonchev–Trinajstić information content (AvgIpc) is 2.81. The van der Waals surface area contributed by atoms with E-state index in [1.807, 2.05) is 35.0 Å². The monoisotopic (exact) mass is 250 g/mol. The lowest BCUT2D eigenvalue weighted by Crippen LogP contribution is -2.15. The van der Waals surface area contributed by atoms with Crippen LogP contribution in [0.3, 0.4) is 0 Å². The van der Waals surface area contributed by atoms with Gasteiger partial charge in [0.1, 0.15) is 0 Å². The Morgan fingerprint density at radius 2 is 2.18 bits per heavy atom. The standard InChI is InChI=1S/C13H15ClN2O/c14-13-4-2-1-3-11(13)5-6-12(17)9-16-8-7-15-10-16/h1-4,7-8,10,12,17H,5-6,9H2. The van der Waals surface area contributed by atoms with Crippen molar-refractivity contribution in [2.45, 2.75) is 25.5 Å². The van der Waals surface area contributed by atoms with Crippen molar-refractivity contribution in [2.24, 2.45) is 0 Å². The summed E-state index contributed by atoms with van der Waals surface area (Å²) in [6.07, 6.45) is 6.37. The van der Waals surface area contributed by atoms with Gasteiger partial charge < -0.3 is 9.67 Å². The zero-order chi connectivity index (χ0) is 12.1. The number of nitrogens with zero attached hydrogens (tertiary/aromatic N) is 2. The molecule has 17 heavy (non-hydrogen) atoms. The molecular weight excluding hydrogens is 236 g/mol. The molecule has 1 heterocycles. The van der Waals surface area contributed by atoms with Crippen molar-refractivity contribution in [2.75, 3.05) is 0 Å². The molecule has 1 N–H and O–H groups in total. The highest BCUT2D eigenvalue weighted by Gasteiger charge is 2.07. The molecule has 90 valence electrons. The second kappa shape index (κ2) is 5.84. The number of halogens is 1. The van der Waals surface area contributed by atoms with Gasteiger partial charge in [0.05, 0.1) is 12.4 Å². The molecule has 1 unspecified atom stereocenters. The number of rotatable bonds is 5. The lowest BCUT2D eigenvalue weighted by atomic mass is 10.1. The van der Waals surface area contributed by atoms with Gasteiger partial charge in [0.15, 0.2) is 0 Å². The van der Waals surface area contributed by atoms with Crippen LogP contribution in [0.15, 0.2) is 43.0 Å². The van der Waals surface area contributed by atoms with Crippen LogP contribution in [0, 0.1) is 0 Å². The van der Waals surface area contributed by atoms with Gasteiger partial charge >= 0.3 is 0 Å². The molecule has 1 aromatic heterocycles. The Morgan fingerprint density at radius 1 is 1.35 bits per heavy atom. The first kappa shape index (κ1) is 12.1. The van der Waals surface area contributed by atoms with Gasteiger partial charge in [-0.2, -0.15) is 0 Å². The van der Waals surface area contributed by atoms with Crippen LogP contribution in [0.4, 0.5) is 0 Å². The van der Waals surface area contributed by atoms with E-state index in [4.69, 9.17) is 11.6 Å². The van der Waals surface area contributed by atoms with Crippen LogP contribution in [-0.4, -0.2) is 20.8 Å². The summed E-state index contributed by atoms with van der Waals surface area (Å²) in [4.78, 5) is 3.94. The number of aromatic nitrogens is 2. The van der Waals surface area contributed by atoms with Crippen molar-refractivity contribution in [1.29, 1.82) is 0 Å².